The van der Waals surface area contributed by atoms with E-state index < -0.39 is 33.7 Å². The zero-order valence-electron chi connectivity index (χ0n) is 21.7. The summed E-state index contributed by atoms with van der Waals surface area (Å²) in [4.78, 5) is 21.8. The van der Waals surface area contributed by atoms with Gasteiger partial charge in [0.25, 0.3) is 10.0 Å². The first-order valence-electron chi connectivity index (χ1n) is 12.5. The van der Waals surface area contributed by atoms with Crippen LogP contribution in [0.25, 0.3) is 11.3 Å². The van der Waals surface area contributed by atoms with Gasteiger partial charge in [-0.25, -0.2) is 13.4 Å². The largest absolute Gasteiger partial charge is 0.416 e. The number of carbonyl (C=O) groups is 1. The molecule has 0 saturated carbocycles. The van der Waals surface area contributed by atoms with Crippen LogP contribution in [-0.2, 0) is 34.1 Å². The maximum atomic E-state index is 13.2. The fourth-order valence-corrected chi connectivity index (χ4v) is 7.38. The van der Waals surface area contributed by atoms with Gasteiger partial charge in [0.15, 0.2) is 0 Å². The Morgan fingerprint density at radius 1 is 1.07 bits per heavy atom. The van der Waals surface area contributed by atoms with Gasteiger partial charge in [0.2, 0.25) is 5.91 Å². The molecular formula is C28H23ClF3N5O3S2. The molecular weight excluding hydrogens is 611 g/mol. The maximum Gasteiger partial charge on any atom is 0.416 e. The number of nitrogens with one attached hydrogen (secondary N) is 2. The van der Waals surface area contributed by atoms with Crippen molar-refractivity contribution >= 4 is 44.7 Å². The number of aromatic nitrogens is 2. The van der Waals surface area contributed by atoms with Crippen LogP contribution in [0, 0.1) is 0 Å². The summed E-state index contributed by atoms with van der Waals surface area (Å²) in [5.74, 6) is -0.104. The molecule has 0 saturated heterocycles. The van der Waals surface area contributed by atoms with Crippen molar-refractivity contribution in [3.05, 3.63) is 106 Å². The normalized spacial score (nSPS) is 15.6. The highest BCUT2D eigenvalue weighted by atomic mass is 35.5. The van der Waals surface area contributed by atoms with Crippen molar-refractivity contribution in [2.75, 3.05) is 11.9 Å². The Balaban J connectivity index is 1.36. The minimum atomic E-state index is -4.47. The number of halogens is 4. The predicted molar refractivity (Wildman–Crippen MR) is 154 cm³/mol. The molecule has 5 rings (SSSR count). The van der Waals surface area contributed by atoms with Crippen LogP contribution in [0.4, 0.5) is 19.0 Å². The van der Waals surface area contributed by atoms with Crippen LogP contribution in [0.15, 0.2) is 89.4 Å². The monoisotopic (exact) mass is 633 g/mol. The molecule has 1 aliphatic rings. The molecule has 14 heteroatoms. The number of sulfonamides is 1. The Morgan fingerprint density at radius 2 is 1.86 bits per heavy atom. The molecule has 4 aromatic rings. The van der Waals surface area contributed by atoms with Crippen molar-refractivity contribution in [3.63, 3.8) is 0 Å². The lowest BCUT2D eigenvalue weighted by Crippen LogP contribution is -2.45. The number of amides is 1. The van der Waals surface area contributed by atoms with Gasteiger partial charge in [0.05, 0.1) is 15.6 Å². The summed E-state index contributed by atoms with van der Waals surface area (Å²) in [7, 11) is -3.95. The van der Waals surface area contributed by atoms with E-state index in [0.29, 0.717) is 33.5 Å². The molecule has 0 unspecified atom stereocenters. The second-order valence-electron chi connectivity index (χ2n) is 9.26. The van der Waals surface area contributed by atoms with Crippen LogP contribution in [0.3, 0.4) is 0 Å². The number of hydrogen-bond acceptors (Lipinski definition) is 7. The van der Waals surface area contributed by atoms with Crippen LogP contribution in [0.5, 0.6) is 0 Å². The van der Waals surface area contributed by atoms with Gasteiger partial charge in [-0.1, -0.05) is 42.0 Å². The molecule has 1 aliphatic heterocycles. The third-order valence-corrected chi connectivity index (χ3v) is 9.90. The highest BCUT2D eigenvalue weighted by molar-refractivity contribution is 7.91. The Labute approximate surface area is 248 Å². The van der Waals surface area contributed by atoms with Crippen molar-refractivity contribution in [1.82, 2.24) is 19.6 Å². The van der Waals surface area contributed by atoms with Crippen LogP contribution < -0.4 is 10.6 Å². The fourth-order valence-electron chi connectivity index (χ4n) is 4.27. The first kappa shape index (κ1) is 29.7. The van der Waals surface area contributed by atoms with Gasteiger partial charge >= 0.3 is 6.18 Å². The van der Waals surface area contributed by atoms with Gasteiger partial charge in [-0.05, 0) is 53.6 Å². The molecule has 4 heterocycles. The van der Waals surface area contributed by atoms with E-state index in [1.54, 1.807) is 36.7 Å². The topological polar surface area (TPSA) is 104 Å². The summed E-state index contributed by atoms with van der Waals surface area (Å²) < 4.78 is 67.0. The average Bonchev–Trinajstić information content (AvgIpc) is 3.65. The van der Waals surface area contributed by atoms with E-state index in [-0.39, 0.29) is 17.3 Å². The standard InChI is InChI=1S/C28H23ClF3N5O3S2/c29-24-9-10-26(41-24)42(39,40)37-12-2-4-23(37)27(38)35-17-19-13-22(20-5-7-21(8-6-20)28(30,31)32)36-25(14-19)34-16-18-3-1-11-33-15-18/h1-11,13-15,23H,12,16-17H2,(H,34,36)(H,35,38)/t23-/m0/s1. The van der Waals surface area contributed by atoms with Crippen LogP contribution in [-0.4, -0.2) is 41.2 Å². The minimum Gasteiger partial charge on any atom is -0.366 e. The number of benzene rings is 1. The van der Waals surface area contributed by atoms with E-state index in [4.69, 9.17) is 11.6 Å². The third-order valence-electron chi connectivity index (χ3n) is 6.35. The van der Waals surface area contributed by atoms with E-state index in [2.05, 4.69) is 20.6 Å². The van der Waals surface area contributed by atoms with E-state index in [9.17, 15) is 26.4 Å². The summed E-state index contributed by atoms with van der Waals surface area (Å²) in [5, 5.41) is 5.96. The van der Waals surface area contributed by atoms with Gasteiger partial charge in [0.1, 0.15) is 16.1 Å². The number of nitrogens with zero attached hydrogens (tertiary/aromatic N) is 3. The molecule has 0 radical (unpaired) electrons. The Bertz CT molecular complexity index is 1710. The number of carbonyl (C=O) groups excluding carboxylic acids is 1. The summed E-state index contributed by atoms with van der Waals surface area (Å²) >= 11 is 6.83. The highest BCUT2D eigenvalue weighted by Gasteiger charge is 2.37. The molecule has 0 fully saturated rings. The molecule has 1 amide bonds. The number of rotatable bonds is 9. The van der Waals surface area contributed by atoms with Crippen LogP contribution in [0.2, 0.25) is 4.34 Å². The number of anilines is 1. The van der Waals surface area contributed by atoms with Gasteiger partial charge < -0.3 is 10.6 Å². The lowest BCUT2D eigenvalue weighted by atomic mass is 10.1. The molecule has 0 spiro atoms. The second-order valence-corrected chi connectivity index (χ2v) is 13.1. The summed E-state index contributed by atoms with van der Waals surface area (Å²) in [5.41, 5.74) is 1.55. The van der Waals surface area contributed by atoms with Crippen LogP contribution in [0.1, 0.15) is 16.7 Å². The Morgan fingerprint density at radius 3 is 2.52 bits per heavy atom. The summed E-state index contributed by atoms with van der Waals surface area (Å²) in [6.07, 6.45) is 1.98. The zero-order chi connectivity index (χ0) is 29.9. The number of thiophene rings is 1. The molecule has 1 atom stereocenters. The third kappa shape index (κ3) is 6.81. The van der Waals surface area contributed by atoms with E-state index in [1.807, 2.05) is 6.07 Å². The lowest BCUT2D eigenvalue weighted by molar-refractivity contribution is -0.137. The van der Waals surface area contributed by atoms with Crippen molar-refractivity contribution in [3.8, 4) is 11.3 Å². The molecule has 0 aliphatic carbocycles. The van der Waals surface area contributed by atoms with Crippen molar-refractivity contribution in [2.45, 2.75) is 29.5 Å². The SMILES string of the molecule is O=C(NCc1cc(NCc2cccnc2)nc(-c2ccc(C(F)(F)F)cc2)c1)[C@@H]1C=CCN1S(=O)(=O)c1ccc(Cl)s1. The minimum absolute atomic E-state index is 0.0135. The van der Waals surface area contributed by atoms with Crippen molar-refractivity contribution in [1.29, 1.82) is 0 Å². The second kappa shape index (κ2) is 12.2. The first-order valence-corrected chi connectivity index (χ1v) is 15.2. The fraction of sp³-hybridized carbons (Fsp3) is 0.179. The van der Waals surface area contributed by atoms with Gasteiger partial charge in [0, 0.05) is 37.6 Å². The molecule has 3 aromatic heterocycles. The molecule has 2 N–H and O–H groups in total. The van der Waals surface area contributed by atoms with E-state index in [0.717, 1.165) is 33.3 Å². The quantitative estimate of drug-likeness (QED) is 0.228. The molecule has 1 aromatic carbocycles. The highest BCUT2D eigenvalue weighted by Crippen LogP contribution is 2.32. The predicted octanol–water partition coefficient (Wildman–Crippen LogP) is 5.73. The Hall–Kier alpha value is -3.78. The summed E-state index contributed by atoms with van der Waals surface area (Å²) in [6.45, 7) is 0.431. The smallest absolute Gasteiger partial charge is 0.366 e. The number of alkyl halides is 3. The molecule has 0 bridgehead atoms. The van der Waals surface area contributed by atoms with Gasteiger partial charge in [-0.2, -0.15) is 17.5 Å². The zero-order valence-corrected chi connectivity index (χ0v) is 24.1. The average molecular weight is 634 g/mol. The molecule has 8 nitrogen and oxygen atoms in total. The lowest BCUT2D eigenvalue weighted by Gasteiger charge is -2.22. The Kier molecular flexibility index (Phi) is 8.64. The molecule has 218 valence electrons. The summed E-state index contributed by atoms with van der Waals surface area (Å²) in [6, 6.07) is 13.5. The number of hydrogen-bond donors (Lipinski definition) is 2. The van der Waals surface area contributed by atoms with Crippen molar-refractivity contribution < 1.29 is 26.4 Å². The number of pyridine rings is 2. The van der Waals surface area contributed by atoms with Crippen molar-refractivity contribution in [2.24, 2.45) is 0 Å². The van der Waals surface area contributed by atoms with E-state index in [1.165, 1.54) is 30.3 Å². The molecule has 42 heavy (non-hydrogen) atoms. The maximum absolute atomic E-state index is 13.2. The van der Waals surface area contributed by atoms with Crippen LogP contribution >= 0.6 is 22.9 Å². The van der Waals surface area contributed by atoms with Gasteiger partial charge in [-0.3, -0.25) is 9.78 Å². The van der Waals surface area contributed by atoms with Gasteiger partial charge in [-0.15, -0.1) is 11.3 Å². The van der Waals surface area contributed by atoms with E-state index >= 15 is 0 Å². The first-order chi connectivity index (χ1) is 20.0.